The van der Waals surface area contributed by atoms with Crippen LogP contribution in [0.2, 0.25) is 0 Å². The number of nitro groups is 1. The van der Waals surface area contributed by atoms with Crippen molar-refractivity contribution in [1.82, 2.24) is 0 Å². The number of carboxylic acid groups (broad SMARTS) is 1. The van der Waals surface area contributed by atoms with Crippen LogP contribution in [0.3, 0.4) is 0 Å². The first kappa shape index (κ1) is 13.3. The molecule has 0 spiro atoms. The molecule has 0 saturated heterocycles. The summed E-state index contributed by atoms with van der Waals surface area (Å²) in [6.07, 6.45) is 1.82. The topological polar surface area (TPSA) is 89.7 Å². The number of non-ortho nitro benzene ring substituents is 1. The Labute approximate surface area is 110 Å². The van der Waals surface area contributed by atoms with E-state index in [1.165, 1.54) is 12.1 Å². The van der Waals surface area contributed by atoms with E-state index in [-0.39, 0.29) is 17.5 Å². The minimum Gasteiger partial charge on any atom is -0.493 e. The summed E-state index contributed by atoms with van der Waals surface area (Å²) in [4.78, 5) is 20.9. The number of benzene rings is 1. The van der Waals surface area contributed by atoms with E-state index < -0.39 is 10.9 Å². The fourth-order valence-corrected chi connectivity index (χ4v) is 2.01. The van der Waals surface area contributed by atoms with Crippen LogP contribution < -0.4 is 4.74 Å². The van der Waals surface area contributed by atoms with E-state index in [0.29, 0.717) is 17.9 Å². The van der Waals surface area contributed by atoms with Crippen LogP contribution in [0.25, 0.3) is 0 Å². The summed E-state index contributed by atoms with van der Waals surface area (Å²) in [7, 11) is 0. The summed E-state index contributed by atoms with van der Waals surface area (Å²) >= 11 is 0. The van der Waals surface area contributed by atoms with Gasteiger partial charge in [-0.2, -0.15) is 0 Å². The van der Waals surface area contributed by atoms with Crippen molar-refractivity contribution in [2.75, 3.05) is 6.61 Å². The lowest BCUT2D eigenvalue weighted by atomic mass is 10.0. The van der Waals surface area contributed by atoms with Crippen LogP contribution in [0.5, 0.6) is 5.75 Å². The van der Waals surface area contributed by atoms with Crippen molar-refractivity contribution in [1.29, 1.82) is 0 Å². The summed E-state index contributed by atoms with van der Waals surface area (Å²) in [6.45, 7) is 2.08. The lowest BCUT2D eigenvalue weighted by Gasteiger charge is -2.15. The van der Waals surface area contributed by atoms with Gasteiger partial charge in [-0.15, -0.1) is 0 Å². The van der Waals surface area contributed by atoms with Gasteiger partial charge in [0.05, 0.1) is 18.0 Å². The number of rotatable bonds is 6. The fraction of sp³-hybridized carbons (Fsp3) is 0.462. The highest BCUT2D eigenvalue weighted by Gasteiger charge is 2.45. The number of carbonyl (C=O) groups is 1. The van der Waals surface area contributed by atoms with Crippen LogP contribution in [0.15, 0.2) is 18.2 Å². The fourth-order valence-electron chi connectivity index (χ4n) is 2.01. The van der Waals surface area contributed by atoms with Gasteiger partial charge in [0.2, 0.25) is 0 Å². The highest BCUT2D eigenvalue weighted by molar-refractivity contribution is 5.68. The lowest BCUT2D eigenvalue weighted by Crippen LogP contribution is -2.17. The van der Waals surface area contributed by atoms with Crippen molar-refractivity contribution in [3.05, 3.63) is 33.9 Å². The predicted octanol–water partition coefficient (Wildman–Crippen LogP) is 2.54. The van der Waals surface area contributed by atoms with Gasteiger partial charge in [-0.05, 0) is 31.4 Å². The van der Waals surface area contributed by atoms with E-state index in [2.05, 4.69) is 0 Å². The molecule has 0 aliphatic heterocycles. The number of carboxylic acids is 1. The predicted molar refractivity (Wildman–Crippen MR) is 67.2 cm³/mol. The van der Waals surface area contributed by atoms with Crippen molar-refractivity contribution < 1.29 is 19.6 Å². The van der Waals surface area contributed by atoms with E-state index in [0.717, 1.165) is 12.8 Å². The zero-order valence-corrected chi connectivity index (χ0v) is 10.6. The molecule has 1 aliphatic rings. The average molecular weight is 265 g/mol. The van der Waals surface area contributed by atoms with Crippen molar-refractivity contribution in [3.63, 3.8) is 0 Å². The first-order valence-electron chi connectivity index (χ1n) is 6.02. The van der Waals surface area contributed by atoms with Crippen molar-refractivity contribution >= 4 is 11.7 Å². The van der Waals surface area contributed by atoms with Gasteiger partial charge in [-0.25, -0.2) is 0 Å². The molecular formula is C13H15NO5. The molecule has 1 aromatic carbocycles. The van der Waals surface area contributed by atoms with Crippen molar-refractivity contribution in [2.24, 2.45) is 5.41 Å². The second-order valence-corrected chi connectivity index (χ2v) is 5.07. The molecule has 0 radical (unpaired) electrons. The summed E-state index contributed by atoms with van der Waals surface area (Å²) in [5.41, 5.74) is 0.455. The molecule has 0 unspecified atom stereocenters. The van der Waals surface area contributed by atoms with Crippen LogP contribution in [0.4, 0.5) is 5.69 Å². The van der Waals surface area contributed by atoms with Gasteiger partial charge in [0.15, 0.2) is 0 Å². The number of nitro benzene ring substituents is 1. The molecule has 0 amide bonds. The highest BCUT2D eigenvalue weighted by atomic mass is 16.6. The molecule has 1 saturated carbocycles. The normalized spacial score (nSPS) is 15.8. The molecule has 6 nitrogen and oxygen atoms in total. The van der Waals surface area contributed by atoms with Gasteiger partial charge in [-0.1, -0.05) is 0 Å². The smallest absolute Gasteiger partial charge is 0.304 e. The van der Waals surface area contributed by atoms with Crippen LogP contribution in [-0.2, 0) is 4.79 Å². The SMILES string of the molecule is Cc1cc([N+](=O)[O-])ccc1OCC1(CC(=O)O)CC1. The zero-order valence-electron chi connectivity index (χ0n) is 10.6. The Kier molecular flexibility index (Phi) is 3.42. The number of aliphatic carboxylic acids is 1. The Morgan fingerprint density at radius 1 is 1.53 bits per heavy atom. The van der Waals surface area contributed by atoms with Gasteiger partial charge in [0.1, 0.15) is 5.75 Å². The molecule has 1 aliphatic carbocycles. The zero-order chi connectivity index (χ0) is 14.0. The Balaban J connectivity index is 2.00. The third-order valence-electron chi connectivity index (χ3n) is 3.39. The van der Waals surface area contributed by atoms with Crippen molar-refractivity contribution in [2.45, 2.75) is 26.2 Å². The molecule has 1 fully saturated rings. The molecule has 0 atom stereocenters. The number of aryl methyl sites for hydroxylation is 1. The Hall–Kier alpha value is -2.11. The van der Waals surface area contributed by atoms with Crippen LogP contribution in [-0.4, -0.2) is 22.6 Å². The number of nitrogens with zero attached hydrogens (tertiary/aromatic N) is 1. The van der Waals surface area contributed by atoms with Gasteiger partial charge in [-0.3, -0.25) is 14.9 Å². The van der Waals surface area contributed by atoms with Crippen LogP contribution >= 0.6 is 0 Å². The Morgan fingerprint density at radius 2 is 2.21 bits per heavy atom. The molecule has 0 bridgehead atoms. The second-order valence-electron chi connectivity index (χ2n) is 5.07. The average Bonchev–Trinajstić information content (AvgIpc) is 3.06. The third-order valence-corrected chi connectivity index (χ3v) is 3.39. The number of ether oxygens (including phenoxy) is 1. The lowest BCUT2D eigenvalue weighted by molar-refractivity contribution is -0.384. The molecule has 0 aromatic heterocycles. The second kappa shape index (κ2) is 4.87. The minimum absolute atomic E-state index is 0.0246. The van der Waals surface area contributed by atoms with E-state index in [1.807, 2.05) is 0 Å². The maximum atomic E-state index is 10.7. The van der Waals surface area contributed by atoms with Gasteiger partial charge >= 0.3 is 5.97 Å². The first-order valence-corrected chi connectivity index (χ1v) is 6.02. The largest absolute Gasteiger partial charge is 0.493 e. The molecule has 1 N–H and O–H groups in total. The van der Waals surface area contributed by atoms with E-state index in [4.69, 9.17) is 9.84 Å². The van der Waals surface area contributed by atoms with Gasteiger partial charge in [0.25, 0.3) is 5.69 Å². The Morgan fingerprint density at radius 3 is 2.68 bits per heavy atom. The monoisotopic (exact) mass is 265 g/mol. The maximum absolute atomic E-state index is 10.7. The maximum Gasteiger partial charge on any atom is 0.304 e. The number of hydrogen-bond acceptors (Lipinski definition) is 4. The summed E-state index contributed by atoms with van der Waals surface area (Å²) in [6, 6.07) is 4.40. The third kappa shape index (κ3) is 3.21. The molecule has 0 heterocycles. The quantitative estimate of drug-likeness (QED) is 0.630. The standard InChI is InChI=1S/C13H15NO5/c1-9-6-10(14(17)18)2-3-11(9)19-8-13(4-5-13)7-12(15)16/h2-3,6H,4-5,7-8H2,1H3,(H,15,16). The molecule has 2 rings (SSSR count). The molecular weight excluding hydrogens is 250 g/mol. The van der Waals surface area contributed by atoms with Gasteiger partial charge in [0, 0.05) is 17.5 Å². The summed E-state index contributed by atoms with van der Waals surface area (Å²) in [5.74, 6) is -0.246. The summed E-state index contributed by atoms with van der Waals surface area (Å²) < 4.78 is 5.61. The molecule has 102 valence electrons. The van der Waals surface area contributed by atoms with E-state index >= 15 is 0 Å². The highest BCUT2D eigenvalue weighted by Crippen LogP contribution is 2.49. The molecule has 6 heteroatoms. The first-order chi connectivity index (χ1) is 8.92. The minimum atomic E-state index is -0.818. The molecule has 19 heavy (non-hydrogen) atoms. The van der Waals surface area contributed by atoms with Crippen LogP contribution in [0, 0.1) is 22.5 Å². The number of hydrogen-bond donors (Lipinski definition) is 1. The van der Waals surface area contributed by atoms with E-state index in [9.17, 15) is 14.9 Å². The van der Waals surface area contributed by atoms with Crippen molar-refractivity contribution in [3.8, 4) is 5.75 Å². The summed E-state index contributed by atoms with van der Waals surface area (Å²) in [5, 5.41) is 19.4. The molecule has 1 aromatic rings. The Bertz CT molecular complexity index is 522. The van der Waals surface area contributed by atoms with E-state index in [1.54, 1.807) is 13.0 Å². The van der Waals surface area contributed by atoms with Crippen LogP contribution in [0.1, 0.15) is 24.8 Å². The van der Waals surface area contributed by atoms with Gasteiger partial charge < -0.3 is 9.84 Å².